The van der Waals surface area contributed by atoms with Crippen LogP contribution in [-0.4, -0.2) is 5.78 Å². The van der Waals surface area contributed by atoms with Crippen LogP contribution in [0.15, 0.2) is 22.7 Å². The molecule has 70 valence electrons. The highest BCUT2D eigenvalue weighted by Crippen LogP contribution is 2.29. The molecular weight excluding hydrogens is 251 g/mol. The third-order valence-corrected chi connectivity index (χ3v) is 3.02. The highest BCUT2D eigenvalue weighted by atomic mass is 79.9. The summed E-state index contributed by atoms with van der Waals surface area (Å²) in [5.41, 5.74) is 1.97. The molecule has 3 heteroatoms. The monoisotopic (exact) mass is 260 g/mol. The maximum Gasteiger partial charge on any atom is 0.152 e. The fourth-order valence-corrected chi connectivity index (χ4v) is 2.10. The van der Waals surface area contributed by atoms with E-state index in [1.807, 2.05) is 25.1 Å². The summed E-state index contributed by atoms with van der Waals surface area (Å²) in [6.07, 6.45) is 0. The van der Waals surface area contributed by atoms with E-state index in [1.165, 1.54) is 6.92 Å². The molecule has 1 atom stereocenters. The molecule has 0 aromatic heterocycles. The average molecular weight is 262 g/mol. The number of hydrogen-bond acceptors (Lipinski definition) is 1. The fraction of sp³-hybridized carbons (Fsp3) is 0.300. The molecule has 13 heavy (non-hydrogen) atoms. The van der Waals surface area contributed by atoms with Gasteiger partial charge in [0.1, 0.15) is 5.38 Å². The van der Waals surface area contributed by atoms with Crippen molar-refractivity contribution in [1.29, 1.82) is 0 Å². The Morgan fingerprint density at radius 2 is 2.15 bits per heavy atom. The number of benzene rings is 1. The highest BCUT2D eigenvalue weighted by molar-refractivity contribution is 9.10. The first-order valence-corrected chi connectivity index (χ1v) is 5.16. The van der Waals surface area contributed by atoms with Crippen molar-refractivity contribution in [3.05, 3.63) is 33.8 Å². The lowest BCUT2D eigenvalue weighted by atomic mass is 10.1. The first-order chi connectivity index (χ1) is 6.02. The molecule has 0 saturated carbocycles. The summed E-state index contributed by atoms with van der Waals surface area (Å²) in [4.78, 5) is 11.0. The van der Waals surface area contributed by atoms with E-state index in [-0.39, 0.29) is 5.78 Å². The molecule has 0 radical (unpaired) electrons. The Labute approximate surface area is 91.2 Å². The average Bonchev–Trinajstić information content (AvgIpc) is 2.03. The van der Waals surface area contributed by atoms with E-state index < -0.39 is 5.38 Å². The van der Waals surface area contributed by atoms with Crippen LogP contribution >= 0.6 is 27.5 Å². The Bertz CT molecular complexity index is 336. The Balaban J connectivity index is 3.08. The molecule has 1 aromatic carbocycles. The third kappa shape index (κ3) is 2.55. The van der Waals surface area contributed by atoms with Gasteiger partial charge in [0.2, 0.25) is 0 Å². The lowest BCUT2D eigenvalue weighted by Gasteiger charge is -2.08. The first kappa shape index (κ1) is 10.7. The maximum atomic E-state index is 11.0. The number of aryl methyl sites for hydroxylation is 1. The molecule has 0 aliphatic carbocycles. The molecule has 0 aliphatic heterocycles. The Hall–Kier alpha value is -0.340. The molecular formula is C10H10BrClO. The smallest absolute Gasteiger partial charge is 0.152 e. The van der Waals surface area contributed by atoms with Gasteiger partial charge in [0.05, 0.1) is 0 Å². The van der Waals surface area contributed by atoms with Gasteiger partial charge in [0.15, 0.2) is 5.78 Å². The van der Waals surface area contributed by atoms with Crippen LogP contribution in [0.3, 0.4) is 0 Å². The van der Waals surface area contributed by atoms with Crippen molar-refractivity contribution >= 4 is 33.3 Å². The topological polar surface area (TPSA) is 17.1 Å². The van der Waals surface area contributed by atoms with Crippen molar-refractivity contribution in [2.24, 2.45) is 0 Å². The van der Waals surface area contributed by atoms with E-state index in [1.54, 1.807) is 0 Å². The molecule has 1 unspecified atom stereocenters. The van der Waals surface area contributed by atoms with Gasteiger partial charge >= 0.3 is 0 Å². The summed E-state index contributed by atoms with van der Waals surface area (Å²) >= 11 is 9.30. The maximum absolute atomic E-state index is 11.0. The van der Waals surface area contributed by atoms with Gasteiger partial charge in [-0.1, -0.05) is 28.1 Å². The Morgan fingerprint density at radius 1 is 1.54 bits per heavy atom. The summed E-state index contributed by atoms with van der Waals surface area (Å²) in [7, 11) is 0. The van der Waals surface area contributed by atoms with Gasteiger partial charge < -0.3 is 0 Å². The van der Waals surface area contributed by atoms with Crippen molar-refractivity contribution in [2.45, 2.75) is 19.2 Å². The van der Waals surface area contributed by atoms with Crippen LogP contribution in [0.1, 0.15) is 23.4 Å². The second-order valence-corrected chi connectivity index (χ2v) is 4.29. The highest BCUT2D eigenvalue weighted by Gasteiger charge is 2.15. The molecule has 0 amide bonds. The first-order valence-electron chi connectivity index (χ1n) is 3.93. The second-order valence-electron chi connectivity index (χ2n) is 3.00. The lowest BCUT2D eigenvalue weighted by Crippen LogP contribution is -2.02. The van der Waals surface area contributed by atoms with Crippen molar-refractivity contribution < 1.29 is 4.79 Å². The molecule has 1 aromatic rings. The number of alkyl halides is 1. The van der Waals surface area contributed by atoms with Crippen molar-refractivity contribution in [2.75, 3.05) is 0 Å². The second kappa shape index (κ2) is 4.25. The summed E-state index contributed by atoms with van der Waals surface area (Å²) in [5, 5.41) is -0.546. The van der Waals surface area contributed by atoms with Crippen LogP contribution < -0.4 is 0 Å². The molecule has 0 aliphatic rings. The van der Waals surface area contributed by atoms with Crippen LogP contribution in [0.4, 0.5) is 0 Å². The third-order valence-electron chi connectivity index (χ3n) is 1.79. The number of carbonyl (C=O) groups is 1. The molecule has 1 rings (SSSR count). The summed E-state index contributed by atoms with van der Waals surface area (Å²) < 4.78 is 0.891. The van der Waals surface area contributed by atoms with E-state index in [9.17, 15) is 4.79 Å². The minimum Gasteiger partial charge on any atom is -0.298 e. The van der Waals surface area contributed by atoms with Crippen molar-refractivity contribution in [3.8, 4) is 0 Å². The molecule has 0 bridgehead atoms. The zero-order valence-corrected chi connectivity index (χ0v) is 9.82. The van der Waals surface area contributed by atoms with Crippen LogP contribution in [0.25, 0.3) is 0 Å². The van der Waals surface area contributed by atoms with E-state index in [2.05, 4.69) is 15.9 Å². The number of halogens is 2. The van der Waals surface area contributed by atoms with Gasteiger partial charge in [0, 0.05) is 4.47 Å². The minimum atomic E-state index is -0.546. The quantitative estimate of drug-likeness (QED) is 0.743. The summed E-state index contributed by atoms with van der Waals surface area (Å²) in [6, 6.07) is 5.77. The molecule has 0 fully saturated rings. The van der Waals surface area contributed by atoms with Gasteiger partial charge in [-0.15, -0.1) is 11.6 Å². The van der Waals surface area contributed by atoms with Crippen molar-refractivity contribution in [3.63, 3.8) is 0 Å². The van der Waals surface area contributed by atoms with Gasteiger partial charge in [0.25, 0.3) is 0 Å². The largest absolute Gasteiger partial charge is 0.298 e. The predicted octanol–water partition coefficient (Wildman–Crippen LogP) is 3.63. The molecule has 0 spiro atoms. The Kier molecular flexibility index (Phi) is 3.51. The zero-order chi connectivity index (χ0) is 10.0. The fourth-order valence-electron chi connectivity index (χ4n) is 1.06. The van der Waals surface area contributed by atoms with Crippen molar-refractivity contribution in [1.82, 2.24) is 0 Å². The van der Waals surface area contributed by atoms with Gasteiger partial charge in [-0.25, -0.2) is 0 Å². The van der Waals surface area contributed by atoms with Gasteiger partial charge in [-0.3, -0.25) is 4.79 Å². The van der Waals surface area contributed by atoms with Crippen LogP contribution in [0.2, 0.25) is 0 Å². The van der Waals surface area contributed by atoms with E-state index in [4.69, 9.17) is 11.6 Å². The van der Waals surface area contributed by atoms with E-state index >= 15 is 0 Å². The molecule has 0 N–H and O–H groups in total. The van der Waals surface area contributed by atoms with E-state index in [0.29, 0.717) is 0 Å². The minimum absolute atomic E-state index is 0.0359. The van der Waals surface area contributed by atoms with Crippen LogP contribution in [-0.2, 0) is 4.79 Å². The number of hydrogen-bond donors (Lipinski definition) is 0. The number of carbonyl (C=O) groups excluding carboxylic acids is 1. The zero-order valence-electron chi connectivity index (χ0n) is 7.47. The van der Waals surface area contributed by atoms with E-state index in [0.717, 1.165) is 15.6 Å². The SMILES string of the molecule is CC(=O)C(Cl)c1ccc(C)cc1Br. The standard InChI is InChI=1S/C10H10BrClO/c1-6-3-4-8(9(11)5-6)10(12)7(2)13/h3-5,10H,1-2H3. The van der Waals surface area contributed by atoms with Crippen LogP contribution in [0, 0.1) is 6.92 Å². The number of Topliss-reactive ketones (excluding diaryl/α,β-unsaturated/α-hetero) is 1. The Morgan fingerprint density at radius 3 is 2.62 bits per heavy atom. The molecule has 0 heterocycles. The predicted molar refractivity (Wildman–Crippen MR) is 58.2 cm³/mol. The molecule has 0 saturated heterocycles. The van der Waals surface area contributed by atoms with Gasteiger partial charge in [-0.05, 0) is 31.0 Å². The summed E-state index contributed by atoms with van der Waals surface area (Å²) in [6.45, 7) is 3.48. The normalized spacial score (nSPS) is 12.6. The number of rotatable bonds is 2. The lowest BCUT2D eigenvalue weighted by molar-refractivity contribution is -0.116. The summed E-state index contributed by atoms with van der Waals surface area (Å²) in [5.74, 6) is -0.0359. The van der Waals surface area contributed by atoms with Gasteiger partial charge in [-0.2, -0.15) is 0 Å². The van der Waals surface area contributed by atoms with Crippen LogP contribution in [0.5, 0.6) is 0 Å². The number of ketones is 1. The molecule has 1 nitrogen and oxygen atoms in total.